The van der Waals surface area contributed by atoms with Gasteiger partial charge in [-0.3, -0.25) is 14.4 Å². The highest BCUT2D eigenvalue weighted by Crippen LogP contribution is 2.47. The molecule has 9 nitrogen and oxygen atoms in total. The summed E-state index contributed by atoms with van der Waals surface area (Å²) in [5.74, 6) is -5.30. The van der Waals surface area contributed by atoms with Crippen molar-refractivity contribution in [3.8, 4) is 17.2 Å². The number of benzene rings is 2. The Morgan fingerprint density at radius 3 is 2.24 bits per heavy atom. The van der Waals surface area contributed by atoms with Crippen LogP contribution < -0.4 is 14.2 Å². The maximum atomic E-state index is 15.7. The minimum absolute atomic E-state index is 0.00184. The summed E-state index contributed by atoms with van der Waals surface area (Å²) in [6.07, 6.45) is 0.288. The highest BCUT2D eigenvalue weighted by atomic mass is 32.1. The molecule has 4 atom stereocenters. The molecule has 2 heterocycles. The highest BCUT2D eigenvalue weighted by molar-refractivity contribution is 7.21. The molecular formula is C32H32F2O9S2. The summed E-state index contributed by atoms with van der Waals surface area (Å²) in [7, 11) is 2.78. The molecule has 0 saturated heterocycles. The molecule has 0 bridgehead atoms. The first-order chi connectivity index (χ1) is 21.4. The number of ether oxygens (including phenoxy) is 3. The molecule has 2 aromatic heterocycles. The van der Waals surface area contributed by atoms with E-state index in [1.165, 1.54) is 44.6 Å². The predicted octanol–water partition coefficient (Wildman–Crippen LogP) is 6.86. The molecule has 5 rings (SSSR count). The van der Waals surface area contributed by atoms with E-state index in [2.05, 4.69) is 0 Å². The lowest BCUT2D eigenvalue weighted by Gasteiger charge is -2.36. The number of hydrogen-bond acceptors (Lipinski definition) is 9. The van der Waals surface area contributed by atoms with Crippen LogP contribution in [0, 0.1) is 29.4 Å². The van der Waals surface area contributed by atoms with E-state index < -0.39 is 47.4 Å². The van der Waals surface area contributed by atoms with Crippen molar-refractivity contribution in [1.29, 1.82) is 0 Å². The Labute approximate surface area is 265 Å². The molecule has 240 valence electrons. The van der Waals surface area contributed by atoms with Gasteiger partial charge in [0, 0.05) is 49.0 Å². The lowest BCUT2D eigenvalue weighted by atomic mass is 9.70. The van der Waals surface area contributed by atoms with E-state index in [0.29, 0.717) is 27.1 Å². The summed E-state index contributed by atoms with van der Waals surface area (Å²) in [6, 6.07) is 6.19. The van der Waals surface area contributed by atoms with Crippen molar-refractivity contribution in [2.24, 2.45) is 17.8 Å². The molecule has 1 saturated carbocycles. The quantitative estimate of drug-likeness (QED) is 0.0976. The fourth-order valence-corrected chi connectivity index (χ4v) is 7.76. The summed E-state index contributed by atoms with van der Waals surface area (Å²) in [5, 5.41) is 29.8. The third kappa shape index (κ3) is 6.34. The third-order valence-electron chi connectivity index (χ3n) is 8.31. The zero-order chi connectivity index (χ0) is 32.6. The largest absolute Gasteiger partial charge is 0.496 e. The van der Waals surface area contributed by atoms with Crippen molar-refractivity contribution in [3.05, 3.63) is 51.2 Å². The highest BCUT2D eigenvalue weighted by Gasteiger charge is 2.42. The Hall–Kier alpha value is -3.81. The number of halogens is 2. The van der Waals surface area contributed by atoms with Gasteiger partial charge in [0.05, 0.1) is 43.6 Å². The molecule has 1 aliphatic rings. The number of Topliss-reactive ketones (excluding diaryl/α,β-unsaturated/α-hetero) is 1. The Balaban J connectivity index is 1.31. The van der Waals surface area contributed by atoms with Crippen LogP contribution in [0.2, 0.25) is 0 Å². The number of methoxy groups -OCH3 is 2. The average molecular weight is 663 g/mol. The Kier molecular flexibility index (Phi) is 9.61. The Morgan fingerprint density at radius 2 is 1.62 bits per heavy atom. The summed E-state index contributed by atoms with van der Waals surface area (Å²) in [4.78, 5) is 35.9. The van der Waals surface area contributed by atoms with Crippen molar-refractivity contribution >= 4 is 60.6 Å². The average Bonchev–Trinajstić information content (AvgIpc) is 3.61. The molecule has 45 heavy (non-hydrogen) atoms. The van der Waals surface area contributed by atoms with Crippen LogP contribution in [-0.4, -0.2) is 53.9 Å². The molecule has 13 heteroatoms. The van der Waals surface area contributed by atoms with E-state index >= 15 is 8.78 Å². The monoisotopic (exact) mass is 662 g/mol. The first-order valence-electron chi connectivity index (χ1n) is 14.3. The van der Waals surface area contributed by atoms with Crippen molar-refractivity contribution in [2.75, 3.05) is 20.8 Å². The van der Waals surface area contributed by atoms with E-state index in [4.69, 9.17) is 19.3 Å². The van der Waals surface area contributed by atoms with Crippen LogP contribution in [0.4, 0.5) is 8.78 Å². The van der Waals surface area contributed by atoms with Crippen molar-refractivity contribution in [3.63, 3.8) is 0 Å². The van der Waals surface area contributed by atoms with E-state index in [1.807, 2.05) is 0 Å². The molecular weight excluding hydrogens is 630 g/mol. The first-order valence-corrected chi connectivity index (χ1v) is 16.0. The van der Waals surface area contributed by atoms with Gasteiger partial charge in [-0.25, -0.2) is 8.78 Å². The van der Waals surface area contributed by atoms with Crippen LogP contribution in [0.5, 0.6) is 17.2 Å². The van der Waals surface area contributed by atoms with Gasteiger partial charge in [-0.1, -0.05) is 6.92 Å². The van der Waals surface area contributed by atoms with E-state index in [9.17, 15) is 24.6 Å². The molecule has 0 radical (unpaired) electrons. The van der Waals surface area contributed by atoms with Gasteiger partial charge in [-0.15, -0.1) is 22.7 Å². The maximum absolute atomic E-state index is 15.7. The second kappa shape index (κ2) is 13.3. The first kappa shape index (κ1) is 32.6. The van der Waals surface area contributed by atoms with Crippen LogP contribution in [-0.2, 0) is 16.0 Å². The Morgan fingerprint density at radius 1 is 0.956 bits per heavy atom. The van der Waals surface area contributed by atoms with Gasteiger partial charge in [-0.2, -0.15) is 0 Å². The van der Waals surface area contributed by atoms with Crippen LogP contribution >= 0.6 is 22.7 Å². The van der Waals surface area contributed by atoms with Crippen molar-refractivity contribution < 1.29 is 52.7 Å². The van der Waals surface area contributed by atoms with Gasteiger partial charge in [0.2, 0.25) is 0 Å². The third-order valence-corrected chi connectivity index (χ3v) is 10.6. The van der Waals surface area contributed by atoms with Crippen LogP contribution in [0.1, 0.15) is 58.8 Å². The van der Waals surface area contributed by atoms with E-state index in [0.717, 1.165) is 11.3 Å². The second-order valence-electron chi connectivity index (χ2n) is 11.1. The number of hydrogen-bond donors (Lipinski definition) is 3. The zero-order valence-corrected chi connectivity index (χ0v) is 26.4. The molecule has 3 N–H and O–H groups in total. The standard InChI is InChI=1S/C32H32F2O9S2/c1-14(31(37)38)9-20(35)25-10-18-23(44-25)12-21(41-2)17(27(18)33)5-4-8-43-30-22(42-3)13-24-19(28(30)34)11-26(45-24)29(36)15-6-7-16(15)32(39)40/h10-16,29,36H,4-9H2,1-3H3,(H,37,38)(H,39,40)/t14-,15+,16?,29?/m0/s1. The lowest BCUT2D eigenvalue weighted by molar-refractivity contribution is -0.151. The molecule has 0 aliphatic heterocycles. The number of ketones is 1. The minimum Gasteiger partial charge on any atom is -0.496 e. The number of carbonyl (C=O) groups is 3. The number of carboxylic acid groups (broad SMARTS) is 2. The van der Waals surface area contributed by atoms with Gasteiger partial charge in [-0.05, 0) is 43.9 Å². The van der Waals surface area contributed by atoms with Gasteiger partial charge in [0.25, 0.3) is 0 Å². The molecule has 1 aliphatic carbocycles. The number of rotatable bonds is 14. The Bertz CT molecular complexity index is 1780. The van der Waals surface area contributed by atoms with Gasteiger partial charge < -0.3 is 29.5 Å². The number of carboxylic acids is 2. The SMILES string of the molecule is COc1cc2sc(C(=O)C[C@H](C)C(=O)O)cc2c(F)c1CCCOc1c(OC)cc2sc(C(O)[C@@H]3CCC3C(=O)O)cc2c1F. The topological polar surface area (TPSA) is 140 Å². The summed E-state index contributed by atoms with van der Waals surface area (Å²) in [5.41, 5.74) is 0.263. The zero-order valence-electron chi connectivity index (χ0n) is 24.7. The number of aliphatic hydroxyl groups is 1. The van der Waals surface area contributed by atoms with Crippen LogP contribution in [0.3, 0.4) is 0 Å². The number of fused-ring (bicyclic) bond motifs is 2. The fraction of sp³-hybridized carbons (Fsp3) is 0.406. The minimum atomic E-state index is -1.09. The van der Waals surface area contributed by atoms with Crippen molar-refractivity contribution in [1.82, 2.24) is 0 Å². The maximum Gasteiger partial charge on any atom is 0.306 e. The second-order valence-corrected chi connectivity index (χ2v) is 13.3. The molecule has 0 amide bonds. The number of aliphatic hydroxyl groups excluding tert-OH is 1. The van der Waals surface area contributed by atoms with E-state index in [-0.39, 0.29) is 70.1 Å². The predicted molar refractivity (Wildman–Crippen MR) is 165 cm³/mol. The van der Waals surface area contributed by atoms with Crippen molar-refractivity contribution in [2.45, 2.75) is 45.1 Å². The van der Waals surface area contributed by atoms with Crippen LogP contribution in [0.25, 0.3) is 20.2 Å². The number of carbonyl (C=O) groups excluding carboxylic acids is 1. The summed E-state index contributed by atoms with van der Waals surface area (Å²) < 4.78 is 48.9. The number of aliphatic carboxylic acids is 2. The van der Waals surface area contributed by atoms with E-state index in [1.54, 1.807) is 12.1 Å². The molecule has 0 spiro atoms. The van der Waals surface area contributed by atoms with Gasteiger partial charge in [0.15, 0.2) is 23.1 Å². The van der Waals surface area contributed by atoms with Gasteiger partial charge in [0.1, 0.15) is 11.6 Å². The van der Waals surface area contributed by atoms with Crippen LogP contribution in [0.15, 0.2) is 24.3 Å². The summed E-state index contributed by atoms with van der Waals surface area (Å²) in [6.45, 7) is 1.44. The fourth-order valence-electron chi connectivity index (χ4n) is 5.57. The molecule has 2 aromatic carbocycles. The molecule has 4 aromatic rings. The molecule has 2 unspecified atom stereocenters. The lowest BCUT2D eigenvalue weighted by Crippen LogP contribution is -2.36. The summed E-state index contributed by atoms with van der Waals surface area (Å²) >= 11 is 2.24. The smallest absolute Gasteiger partial charge is 0.306 e. The van der Waals surface area contributed by atoms with Gasteiger partial charge >= 0.3 is 11.9 Å². The molecule has 1 fully saturated rings. The number of thiophene rings is 2. The normalized spacial score (nSPS) is 17.6.